The molecule has 0 spiro atoms. The van der Waals surface area contributed by atoms with Crippen LogP contribution in [0.3, 0.4) is 0 Å². The van der Waals surface area contributed by atoms with E-state index in [1.54, 1.807) is 0 Å². The Kier molecular flexibility index (Phi) is 2.54. The molecule has 0 bridgehead atoms. The average Bonchev–Trinajstić information content (AvgIpc) is 2.16. The van der Waals surface area contributed by atoms with Gasteiger partial charge in [0.25, 0.3) is 5.69 Å². The normalized spacial score (nSPS) is 9.23. The van der Waals surface area contributed by atoms with Gasteiger partial charge in [-0.2, -0.15) is 0 Å². The molecule has 1 rings (SSSR count). The van der Waals surface area contributed by atoms with Crippen molar-refractivity contribution in [2.75, 3.05) is 0 Å². The number of nitrogens with zero attached hydrogens (tertiary/aromatic N) is 1. The molecule has 0 amide bonds. The highest BCUT2D eigenvalue weighted by molar-refractivity contribution is 5.84. The molecule has 1 aromatic carbocycles. The fourth-order valence-corrected chi connectivity index (χ4v) is 1.05. The Morgan fingerprint density at radius 2 is 2.15 bits per heavy atom. The number of nitro groups is 1. The highest BCUT2D eigenvalue weighted by atomic mass is 16.6. The standard InChI is InChI=1S/C9H7NO3/c1-2-8-7(6-11)4-3-5-9(8)10(12)13/h2-6H,1H2. The van der Waals surface area contributed by atoms with Gasteiger partial charge in [-0.3, -0.25) is 14.9 Å². The van der Waals surface area contributed by atoms with Crippen LogP contribution in [0.1, 0.15) is 15.9 Å². The molecule has 0 saturated heterocycles. The first kappa shape index (κ1) is 9.12. The summed E-state index contributed by atoms with van der Waals surface area (Å²) in [6, 6.07) is 4.32. The minimum atomic E-state index is -0.538. The van der Waals surface area contributed by atoms with Crippen molar-refractivity contribution in [3.63, 3.8) is 0 Å². The molecule has 0 N–H and O–H groups in total. The third-order valence-corrected chi connectivity index (χ3v) is 1.64. The van der Waals surface area contributed by atoms with Crippen molar-refractivity contribution in [2.24, 2.45) is 0 Å². The van der Waals surface area contributed by atoms with Gasteiger partial charge < -0.3 is 0 Å². The summed E-state index contributed by atoms with van der Waals surface area (Å²) in [7, 11) is 0. The highest BCUT2D eigenvalue weighted by Gasteiger charge is 2.13. The van der Waals surface area contributed by atoms with E-state index < -0.39 is 4.92 Å². The number of carbonyl (C=O) groups is 1. The molecule has 0 aromatic heterocycles. The summed E-state index contributed by atoms with van der Waals surface area (Å²) in [5.41, 5.74) is 0.450. The summed E-state index contributed by atoms with van der Waals surface area (Å²) < 4.78 is 0. The lowest BCUT2D eigenvalue weighted by molar-refractivity contribution is -0.385. The van der Waals surface area contributed by atoms with Gasteiger partial charge in [0.2, 0.25) is 0 Å². The van der Waals surface area contributed by atoms with Crippen LogP contribution in [-0.4, -0.2) is 11.2 Å². The maximum Gasteiger partial charge on any atom is 0.277 e. The zero-order valence-electron chi connectivity index (χ0n) is 6.77. The van der Waals surface area contributed by atoms with Crippen molar-refractivity contribution >= 4 is 18.0 Å². The number of rotatable bonds is 3. The van der Waals surface area contributed by atoms with Crippen molar-refractivity contribution in [2.45, 2.75) is 0 Å². The van der Waals surface area contributed by atoms with Crippen LogP contribution in [0.15, 0.2) is 24.8 Å². The average molecular weight is 177 g/mol. The lowest BCUT2D eigenvalue weighted by Crippen LogP contribution is -1.94. The van der Waals surface area contributed by atoms with Crippen LogP contribution in [0.2, 0.25) is 0 Å². The maximum atomic E-state index is 10.5. The van der Waals surface area contributed by atoms with E-state index >= 15 is 0 Å². The van der Waals surface area contributed by atoms with E-state index in [1.807, 2.05) is 0 Å². The minimum Gasteiger partial charge on any atom is -0.298 e. The minimum absolute atomic E-state index is 0.0976. The molecule has 0 heterocycles. The summed E-state index contributed by atoms with van der Waals surface area (Å²) in [5.74, 6) is 0. The predicted octanol–water partition coefficient (Wildman–Crippen LogP) is 2.05. The van der Waals surface area contributed by atoms with E-state index in [1.165, 1.54) is 24.3 Å². The van der Waals surface area contributed by atoms with Crippen molar-refractivity contribution in [3.8, 4) is 0 Å². The molecule has 1 aromatic rings. The largest absolute Gasteiger partial charge is 0.298 e. The van der Waals surface area contributed by atoms with Crippen molar-refractivity contribution in [1.82, 2.24) is 0 Å². The first-order valence-corrected chi connectivity index (χ1v) is 3.55. The Morgan fingerprint density at radius 3 is 2.62 bits per heavy atom. The second-order valence-electron chi connectivity index (χ2n) is 2.36. The monoisotopic (exact) mass is 177 g/mol. The van der Waals surface area contributed by atoms with Crippen LogP contribution >= 0.6 is 0 Å². The second-order valence-corrected chi connectivity index (χ2v) is 2.36. The van der Waals surface area contributed by atoms with Gasteiger partial charge in [-0.1, -0.05) is 24.8 Å². The van der Waals surface area contributed by atoms with Gasteiger partial charge in [-0.05, 0) is 0 Å². The van der Waals surface area contributed by atoms with Crippen LogP contribution < -0.4 is 0 Å². The van der Waals surface area contributed by atoms with E-state index in [0.29, 0.717) is 6.29 Å². The van der Waals surface area contributed by atoms with E-state index in [-0.39, 0.29) is 16.8 Å². The molecule has 66 valence electrons. The van der Waals surface area contributed by atoms with Crippen LogP contribution in [0.5, 0.6) is 0 Å². The number of hydrogen-bond donors (Lipinski definition) is 0. The molecule has 0 radical (unpaired) electrons. The fraction of sp³-hybridized carbons (Fsp3) is 0. The molecule has 0 atom stereocenters. The quantitative estimate of drug-likeness (QED) is 0.403. The summed E-state index contributed by atoms with van der Waals surface area (Å²) >= 11 is 0. The second kappa shape index (κ2) is 3.62. The molecule has 0 saturated carbocycles. The summed E-state index contributed by atoms with van der Waals surface area (Å²) in [6.45, 7) is 3.42. The Morgan fingerprint density at radius 1 is 1.46 bits per heavy atom. The maximum absolute atomic E-state index is 10.5. The summed E-state index contributed by atoms with van der Waals surface area (Å²) in [6.07, 6.45) is 1.88. The molecular formula is C9H7NO3. The zero-order chi connectivity index (χ0) is 9.84. The molecule has 0 fully saturated rings. The molecule has 0 unspecified atom stereocenters. The van der Waals surface area contributed by atoms with Crippen LogP contribution in [0.25, 0.3) is 6.08 Å². The SMILES string of the molecule is C=Cc1c(C=O)cccc1[N+](=O)[O-]. The number of hydrogen-bond acceptors (Lipinski definition) is 3. The van der Waals surface area contributed by atoms with Crippen molar-refractivity contribution in [1.29, 1.82) is 0 Å². The fourth-order valence-electron chi connectivity index (χ4n) is 1.05. The molecule has 4 heteroatoms. The van der Waals surface area contributed by atoms with Gasteiger partial charge in [-0.25, -0.2) is 0 Å². The third kappa shape index (κ3) is 1.61. The van der Waals surface area contributed by atoms with Crippen LogP contribution in [0, 0.1) is 10.1 Å². The third-order valence-electron chi connectivity index (χ3n) is 1.64. The first-order valence-electron chi connectivity index (χ1n) is 3.55. The van der Waals surface area contributed by atoms with Gasteiger partial charge in [0.1, 0.15) is 0 Å². The Labute approximate surface area is 74.7 Å². The molecular weight excluding hydrogens is 170 g/mol. The first-order chi connectivity index (χ1) is 6.20. The number of nitro benzene ring substituents is 1. The topological polar surface area (TPSA) is 60.2 Å². The van der Waals surface area contributed by atoms with E-state index in [2.05, 4.69) is 6.58 Å². The highest BCUT2D eigenvalue weighted by Crippen LogP contribution is 2.21. The van der Waals surface area contributed by atoms with E-state index in [0.717, 1.165) is 0 Å². The van der Waals surface area contributed by atoms with Crippen molar-refractivity contribution < 1.29 is 9.72 Å². The van der Waals surface area contributed by atoms with E-state index in [4.69, 9.17) is 0 Å². The Hall–Kier alpha value is -1.97. The van der Waals surface area contributed by atoms with Gasteiger partial charge in [0, 0.05) is 11.6 Å². The van der Waals surface area contributed by atoms with Crippen LogP contribution in [0.4, 0.5) is 5.69 Å². The lowest BCUT2D eigenvalue weighted by atomic mass is 10.1. The zero-order valence-corrected chi connectivity index (χ0v) is 6.77. The summed E-state index contributed by atoms with van der Waals surface area (Å²) in [5, 5.41) is 10.5. The molecule has 0 aliphatic rings. The molecule has 0 aliphatic carbocycles. The van der Waals surface area contributed by atoms with Crippen molar-refractivity contribution in [3.05, 3.63) is 46.0 Å². The number of aldehydes is 1. The molecule has 13 heavy (non-hydrogen) atoms. The number of benzene rings is 1. The van der Waals surface area contributed by atoms with Gasteiger partial charge >= 0.3 is 0 Å². The van der Waals surface area contributed by atoms with Gasteiger partial charge in [0.15, 0.2) is 6.29 Å². The summed E-state index contributed by atoms with van der Waals surface area (Å²) in [4.78, 5) is 20.4. The number of carbonyl (C=O) groups excluding carboxylic acids is 1. The smallest absolute Gasteiger partial charge is 0.277 e. The lowest BCUT2D eigenvalue weighted by Gasteiger charge is -1.98. The Balaban J connectivity index is 3.43. The predicted molar refractivity (Wildman–Crippen MR) is 48.6 cm³/mol. The molecule has 0 aliphatic heterocycles. The molecule has 4 nitrogen and oxygen atoms in total. The van der Waals surface area contributed by atoms with Gasteiger partial charge in [-0.15, -0.1) is 0 Å². The van der Waals surface area contributed by atoms with Crippen LogP contribution in [-0.2, 0) is 0 Å². The Bertz CT molecular complexity index is 371. The van der Waals surface area contributed by atoms with Gasteiger partial charge in [0.05, 0.1) is 10.5 Å². The van der Waals surface area contributed by atoms with E-state index in [9.17, 15) is 14.9 Å².